The van der Waals surface area contributed by atoms with Crippen LogP contribution >= 0.6 is 0 Å². The Hall–Kier alpha value is -1.11. The topological polar surface area (TPSA) is 76.8 Å². The van der Waals surface area contributed by atoms with E-state index in [9.17, 15) is 4.79 Å². The first kappa shape index (κ1) is 25.7. The molecule has 1 rings (SSSR count). The van der Waals surface area contributed by atoms with Gasteiger partial charge in [0.2, 0.25) is 0 Å². The average molecular weight is 290 g/mol. The summed E-state index contributed by atoms with van der Waals surface area (Å²) < 4.78 is 22.5. The fourth-order valence-corrected chi connectivity index (χ4v) is 1.33. The van der Waals surface area contributed by atoms with Crippen molar-refractivity contribution >= 4 is 5.78 Å². The molecule has 0 N–H and O–H groups in total. The molecular formula is C13H14FeO4. The van der Waals surface area contributed by atoms with Crippen LogP contribution < -0.4 is 0 Å². The third-order valence-electron chi connectivity index (χ3n) is 1.96. The average Bonchev–Trinajstić information content (AvgIpc) is 2.80. The van der Waals surface area contributed by atoms with Crippen LogP contribution in [0.5, 0.6) is 0 Å². The number of Topliss-reactive ketones (excluding diaryl/α,β-unsaturated/α-hetero) is 1. The monoisotopic (exact) mass is 290 g/mol. The summed E-state index contributed by atoms with van der Waals surface area (Å²) in [5, 5.41) is 0. The van der Waals surface area contributed by atoms with Crippen molar-refractivity contribution in [1.82, 2.24) is 0 Å². The molecule has 1 saturated carbocycles. The molecule has 0 amide bonds. The van der Waals surface area contributed by atoms with Gasteiger partial charge in [-0.3, -0.25) is 4.79 Å². The maximum absolute atomic E-state index is 11.1. The molecule has 5 heteroatoms. The number of rotatable bonds is 2. The van der Waals surface area contributed by atoms with E-state index in [1.807, 2.05) is 19.1 Å². The van der Waals surface area contributed by atoms with E-state index in [2.05, 4.69) is 26.5 Å². The minimum Gasteiger partial charge on any atom is 0 e. The zero-order valence-electron chi connectivity index (χ0n) is 10.0. The predicted octanol–water partition coefficient (Wildman–Crippen LogP) is 2.37. The zero-order chi connectivity index (χ0) is 14.3. The Kier molecular flexibility index (Phi) is 30.2. The van der Waals surface area contributed by atoms with Crippen LogP contribution in [0, 0.1) is 25.9 Å². The van der Waals surface area contributed by atoms with Gasteiger partial charge >= 0.3 is 33.9 Å². The van der Waals surface area contributed by atoms with E-state index < -0.39 is 0 Å². The molecule has 0 spiro atoms. The smallest absolute Gasteiger partial charge is 0 e. The maximum atomic E-state index is 11.1. The first-order valence-electron chi connectivity index (χ1n) is 4.68. The third kappa shape index (κ3) is 14.9. The number of hydrogen-bond acceptors (Lipinski definition) is 1. The van der Waals surface area contributed by atoms with E-state index in [0.29, 0.717) is 5.78 Å². The van der Waals surface area contributed by atoms with E-state index in [0.717, 1.165) is 24.8 Å². The molecule has 0 aromatic rings. The van der Waals surface area contributed by atoms with Crippen LogP contribution in [0.1, 0.15) is 26.2 Å². The molecule has 1 aliphatic carbocycles. The first-order chi connectivity index (χ1) is 8.20. The van der Waals surface area contributed by atoms with Gasteiger partial charge in [-0.15, -0.1) is 0 Å². The Morgan fingerprint density at radius 1 is 1.28 bits per heavy atom. The van der Waals surface area contributed by atoms with Crippen LogP contribution in [-0.4, -0.2) is 5.78 Å². The van der Waals surface area contributed by atoms with Crippen molar-refractivity contribution in [1.29, 1.82) is 0 Å². The van der Waals surface area contributed by atoms with Crippen LogP contribution in [0.3, 0.4) is 0 Å². The molecule has 98 valence electrons. The molecule has 0 aromatic heterocycles. The zero-order valence-corrected chi connectivity index (χ0v) is 11.2. The summed E-state index contributed by atoms with van der Waals surface area (Å²) in [6.07, 6.45) is 6.78. The maximum Gasteiger partial charge on any atom is 0 e. The van der Waals surface area contributed by atoms with Crippen LogP contribution in [0.25, 0.3) is 0 Å². The van der Waals surface area contributed by atoms with Gasteiger partial charge in [-0.05, 0) is 19.8 Å². The van der Waals surface area contributed by atoms with Crippen LogP contribution in [0.2, 0.25) is 0 Å². The van der Waals surface area contributed by atoms with E-state index in [1.165, 1.54) is 0 Å². The fraction of sp³-hybridized carbons (Fsp3) is 0.385. The number of allylic oxidation sites excluding steroid dienone is 3. The summed E-state index contributed by atoms with van der Waals surface area (Å²) in [5.41, 5.74) is 1.02. The number of hydrogen-bond donors (Lipinski definition) is 0. The van der Waals surface area contributed by atoms with E-state index in [4.69, 9.17) is 14.0 Å². The Labute approximate surface area is 118 Å². The molecule has 0 aromatic carbocycles. The number of carbonyl (C=O) groups is 1. The second-order valence-electron chi connectivity index (χ2n) is 3.17. The Morgan fingerprint density at radius 3 is 2.00 bits per heavy atom. The quantitative estimate of drug-likeness (QED) is 0.333. The molecule has 0 radical (unpaired) electrons. The summed E-state index contributed by atoms with van der Waals surface area (Å²) in [6.45, 7) is 19.2. The summed E-state index contributed by atoms with van der Waals surface area (Å²) in [4.78, 5) is 11.1. The molecular weight excluding hydrogens is 276 g/mol. The molecule has 4 nitrogen and oxygen atoms in total. The molecule has 1 unspecified atom stereocenters. The van der Waals surface area contributed by atoms with Crippen molar-refractivity contribution in [2.24, 2.45) is 5.92 Å². The molecule has 1 atom stereocenters. The largest absolute Gasteiger partial charge is 0 e. The SMILES string of the molecule is C=C(C)/C=C/C1CCCC1=O.[C-]#[O+].[C-]#[O+].[C-]#[O+].[Fe]. The molecule has 0 heterocycles. The van der Waals surface area contributed by atoms with Crippen molar-refractivity contribution < 1.29 is 35.8 Å². The number of carbonyl (C=O) groups excluding carboxylic acids is 1. The van der Waals surface area contributed by atoms with Gasteiger partial charge in [0.25, 0.3) is 0 Å². The van der Waals surface area contributed by atoms with Crippen molar-refractivity contribution in [3.05, 3.63) is 44.3 Å². The summed E-state index contributed by atoms with van der Waals surface area (Å²) in [6, 6.07) is 0. The normalized spacial score (nSPS) is 15.5. The minimum absolute atomic E-state index is 0. The Balaban J connectivity index is -0.000000123. The van der Waals surface area contributed by atoms with Gasteiger partial charge in [-0.1, -0.05) is 24.3 Å². The summed E-state index contributed by atoms with van der Waals surface area (Å²) >= 11 is 0. The van der Waals surface area contributed by atoms with Crippen molar-refractivity contribution in [3.8, 4) is 0 Å². The minimum atomic E-state index is 0. The molecule has 1 aliphatic rings. The molecule has 1 fully saturated rings. The van der Waals surface area contributed by atoms with E-state index in [-0.39, 0.29) is 23.0 Å². The predicted molar refractivity (Wildman–Crippen MR) is 58.1 cm³/mol. The third-order valence-corrected chi connectivity index (χ3v) is 1.96. The van der Waals surface area contributed by atoms with Gasteiger partial charge < -0.3 is 0 Å². The van der Waals surface area contributed by atoms with Crippen LogP contribution in [0.15, 0.2) is 24.3 Å². The van der Waals surface area contributed by atoms with Crippen LogP contribution in [0.4, 0.5) is 0 Å². The van der Waals surface area contributed by atoms with Gasteiger partial charge in [-0.2, -0.15) is 0 Å². The molecule has 0 saturated heterocycles. The van der Waals surface area contributed by atoms with E-state index >= 15 is 0 Å². The van der Waals surface area contributed by atoms with Gasteiger partial charge in [0.15, 0.2) is 0 Å². The summed E-state index contributed by atoms with van der Waals surface area (Å²) in [7, 11) is 0. The first-order valence-corrected chi connectivity index (χ1v) is 4.68. The number of ketones is 1. The van der Waals surface area contributed by atoms with Gasteiger partial charge in [0.05, 0.1) is 0 Å². The summed E-state index contributed by atoms with van der Waals surface area (Å²) in [5.74, 6) is 0.578. The van der Waals surface area contributed by atoms with Crippen molar-refractivity contribution in [3.63, 3.8) is 0 Å². The Morgan fingerprint density at radius 2 is 1.72 bits per heavy atom. The Bertz CT molecular complexity index is 298. The molecule has 0 aliphatic heterocycles. The second kappa shape index (κ2) is 21.2. The standard InChI is InChI=1S/C10H14O.3CO.Fe/c1-8(2)6-7-9-4-3-5-10(9)11;3*1-2;/h6-7,9H,1,3-5H2,2H3;;;;/b7-6+;;;;. The van der Waals surface area contributed by atoms with Crippen molar-refractivity contribution in [2.45, 2.75) is 26.2 Å². The molecule has 18 heavy (non-hydrogen) atoms. The fourth-order valence-electron chi connectivity index (χ4n) is 1.33. The van der Waals surface area contributed by atoms with Gasteiger partial charge in [0.1, 0.15) is 5.78 Å². The van der Waals surface area contributed by atoms with Gasteiger partial charge in [-0.25, -0.2) is 0 Å². The van der Waals surface area contributed by atoms with E-state index in [1.54, 1.807) is 0 Å². The van der Waals surface area contributed by atoms with Crippen molar-refractivity contribution in [2.75, 3.05) is 0 Å². The molecule has 0 bridgehead atoms. The van der Waals surface area contributed by atoms with Gasteiger partial charge in [0, 0.05) is 29.4 Å². The second-order valence-corrected chi connectivity index (χ2v) is 3.17. The van der Waals surface area contributed by atoms with Crippen LogP contribution in [-0.2, 0) is 35.8 Å².